The summed E-state index contributed by atoms with van der Waals surface area (Å²) in [5.41, 5.74) is 5.74. The Kier molecular flexibility index (Phi) is 5.00. The van der Waals surface area contributed by atoms with Gasteiger partial charge in [-0.2, -0.15) is 0 Å². The zero-order chi connectivity index (χ0) is 16.1. The van der Waals surface area contributed by atoms with Gasteiger partial charge >= 0.3 is 0 Å². The Balaban J connectivity index is 2.19. The second-order valence-electron chi connectivity index (χ2n) is 4.41. The molecule has 0 atom stereocenters. The Bertz CT molecular complexity index is 669. The fourth-order valence-electron chi connectivity index (χ4n) is 1.79. The molecule has 0 unspecified atom stereocenters. The average Bonchev–Trinajstić information content (AvgIpc) is 2.73. The molecule has 2 rings (SSSR count). The summed E-state index contributed by atoms with van der Waals surface area (Å²) in [6.45, 7) is 3.53. The van der Waals surface area contributed by atoms with Gasteiger partial charge in [-0.05, 0) is 35.5 Å². The number of nitrogens with zero attached hydrogens (tertiary/aromatic N) is 1. The number of carbonyl (C=O) groups excluding carboxylic acids is 3. The van der Waals surface area contributed by atoms with E-state index in [4.69, 9.17) is 10.5 Å². The summed E-state index contributed by atoms with van der Waals surface area (Å²) in [4.78, 5) is 35.7. The first-order chi connectivity index (χ1) is 10.5. The third kappa shape index (κ3) is 3.76. The molecule has 1 saturated heterocycles. The van der Waals surface area contributed by atoms with Crippen LogP contribution in [-0.4, -0.2) is 35.1 Å². The molecule has 6 nitrogen and oxygen atoms in total. The number of primary amides is 1. The summed E-state index contributed by atoms with van der Waals surface area (Å²) in [6.07, 6.45) is 3.20. The number of carbonyl (C=O) groups is 3. The van der Waals surface area contributed by atoms with E-state index in [0.29, 0.717) is 17.9 Å². The summed E-state index contributed by atoms with van der Waals surface area (Å²) in [7, 11) is 0. The van der Waals surface area contributed by atoms with E-state index in [9.17, 15) is 14.4 Å². The molecule has 1 fully saturated rings. The molecule has 3 amide bonds. The molecule has 2 N–H and O–H groups in total. The Morgan fingerprint density at radius 1 is 1.41 bits per heavy atom. The number of hydrogen-bond acceptors (Lipinski definition) is 5. The lowest BCUT2D eigenvalue weighted by molar-refractivity contribution is -0.127. The Hall–Kier alpha value is -2.54. The van der Waals surface area contributed by atoms with Gasteiger partial charge in [0, 0.05) is 0 Å². The lowest BCUT2D eigenvalue weighted by atomic mass is 10.2. The molecule has 22 heavy (non-hydrogen) atoms. The maximum atomic E-state index is 12.1. The highest BCUT2D eigenvalue weighted by Gasteiger charge is 2.35. The molecule has 0 bridgehead atoms. The van der Waals surface area contributed by atoms with Crippen LogP contribution in [0.4, 0.5) is 4.79 Å². The highest BCUT2D eigenvalue weighted by molar-refractivity contribution is 8.18. The molecular weight excluding hydrogens is 304 g/mol. The topological polar surface area (TPSA) is 89.7 Å². The number of nitrogens with two attached hydrogens (primary N) is 1. The molecule has 1 aromatic rings. The van der Waals surface area contributed by atoms with E-state index in [-0.39, 0.29) is 4.91 Å². The normalized spacial score (nSPS) is 16.2. The van der Waals surface area contributed by atoms with Crippen molar-refractivity contribution in [1.29, 1.82) is 0 Å². The van der Waals surface area contributed by atoms with Crippen molar-refractivity contribution in [3.8, 4) is 5.75 Å². The SMILES string of the molecule is C=CCOc1cccc(/C=C2\SC(=O)N(CC(N)=O)C2=O)c1. The van der Waals surface area contributed by atoms with Crippen LogP contribution >= 0.6 is 11.8 Å². The molecule has 1 heterocycles. The smallest absolute Gasteiger partial charge is 0.294 e. The van der Waals surface area contributed by atoms with Crippen molar-refractivity contribution >= 4 is 34.9 Å². The molecule has 0 radical (unpaired) electrons. The zero-order valence-corrected chi connectivity index (χ0v) is 12.5. The van der Waals surface area contributed by atoms with Crippen LogP contribution in [0.25, 0.3) is 6.08 Å². The summed E-state index contributed by atoms with van der Waals surface area (Å²) in [6, 6.07) is 7.08. The molecular formula is C15H14N2O4S. The van der Waals surface area contributed by atoms with Crippen molar-refractivity contribution in [1.82, 2.24) is 4.90 Å². The van der Waals surface area contributed by atoms with Crippen LogP contribution in [0.1, 0.15) is 5.56 Å². The van der Waals surface area contributed by atoms with E-state index in [1.807, 2.05) is 0 Å². The van der Waals surface area contributed by atoms with E-state index in [1.54, 1.807) is 36.4 Å². The minimum Gasteiger partial charge on any atom is -0.490 e. The molecule has 7 heteroatoms. The fourth-order valence-corrected chi connectivity index (χ4v) is 2.63. The van der Waals surface area contributed by atoms with E-state index in [0.717, 1.165) is 16.7 Å². The lowest BCUT2D eigenvalue weighted by Crippen LogP contribution is -2.36. The van der Waals surface area contributed by atoms with Gasteiger partial charge in [-0.15, -0.1) is 0 Å². The van der Waals surface area contributed by atoms with E-state index in [1.165, 1.54) is 0 Å². The first-order valence-electron chi connectivity index (χ1n) is 6.38. The second kappa shape index (κ2) is 6.95. The van der Waals surface area contributed by atoms with Gasteiger partial charge in [-0.1, -0.05) is 24.8 Å². The average molecular weight is 318 g/mol. The van der Waals surface area contributed by atoms with Crippen LogP contribution in [0.5, 0.6) is 5.75 Å². The zero-order valence-electron chi connectivity index (χ0n) is 11.7. The molecule has 1 aliphatic rings. The van der Waals surface area contributed by atoms with E-state index < -0.39 is 23.6 Å². The van der Waals surface area contributed by atoms with Gasteiger partial charge in [0.05, 0.1) is 4.91 Å². The maximum absolute atomic E-state index is 12.1. The molecule has 1 aromatic carbocycles. The largest absolute Gasteiger partial charge is 0.490 e. The van der Waals surface area contributed by atoms with Gasteiger partial charge in [0.15, 0.2) is 0 Å². The number of amides is 3. The Labute approximate surface area is 131 Å². The summed E-state index contributed by atoms with van der Waals surface area (Å²) >= 11 is 0.776. The minimum absolute atomic E-state index is 0.243. The maximum Gasteiger partial charge on any atom is 0.294 e. The minimum atomic E-state index is -0.733. The molecule has 114 valence electrons. The van der Waals surface area contributed by atoms with Crippen LogP contribution in [0.15, 0.2) is 41.8 Å². The highest BCUT2D eigenvalue weighted by atomic mass is 32.2. The Morgan fingerprint density at radius 2 is 2.18 bits per heavy atom. The Morgan fingerprint density at radius 3 is 2.86 bits per heavy atom. The predicted molar refractivity (Wildman–Crippen MR) is 84.0 cm³/mol. The summed E-state index contributed by atoms with van der Waals surface area (Å²) in [5, 5.41) is -0.505. The third-order valence-electron chi connectivity index (χ3n) is 2.71. The monoisotopic (exact) mass is 318 g/mol. The van der Waals surface area contributed by atoms with Crippen molar-refractivity contribution in [2.75, 3.05) is 13.2 Å². The number of hydrogen-bond donors (Lipinski definition) is 1. The molecule has 0 aromatic heterocycles. The van der Waals surface area contributed by atoms with Crippen LogP contribution in [0.3, 0.4) is 0 Å². The van der Waals surface area contributed by atoms with Gasteiger partial charge < -0.3 is 10.5 Å². The summed E-state index contributed by atoms with van der Waals surface area (Å²) < 4.78 is 5.40. The quantitative estimate of drug-likeness (QED) is 0.638. The number of thioether (sulfide) groups is 1. The van der Waals surface area contributed by atoms with Crippen LogP contribution in [-0.2, 0) is 9.59 Å². The van der Waals surface area contributed by atoms with Gasteiger partial charge in [-0.25, -0.2) is 0 Å². The molecule has 0 spiro atoms. The van der Waals surface area contributed by atoms with Crippen LogP contribution in [0.2, 0.25) is 0 Å². The number of ether oxygens (including phenoxy) is 1. The number of rotatable bonds is 6. The fraction of sp³-hybridized carbons (Fsp3) is 0.133. The third-order valence-corrected chi connectivity index (χ3v) is 3.62. The van der Waals surface area contributed by atoms with Gasteiger partial charge in [0.2, 0.25) is 5.91 Å². The van der Waals surface area contributed by atoms with E-state index in [2.05, 4.69) is 6.58 Å². The second-order valence-corrected chi connectivity index (χ2v) is 5.40. The van der Waals surface area contributed by atoms with Crippen molar-refractivity contribution in [2.24, 2.45) is 5.73 Å². The first-order valence-corrected chi connectivity index (χ1v) is 7.20. The van der Waals surface area contributed by atoms with Gasteiger partial charge in [0.1, 0.15) is 18.9 Å². The van der Waals surface area contributed by atoms with Crippen molar-refractivity contribution in [3.63, 3.8) is 0 Å². The molecule has 0 saturated carbocycles. The summed E-state index contributed by atoms with van der Waals surface area (Å²) in [5.74, 6) is -0.625. The van der Waals surface area contributed by atoms with Crippen LogP contribution in [0, 0.1) is 0 Å². The standard InChI is InChI=1S/C15H14N2O4S/c1-2-6-21-11-5-3-4-10(7-11)8-12-14(19)17(9-13(16)18)15(20)22-12/h2-5,7-8H,1,6,9H2,(H2,16,18)/b12-8-. The molecule has 1 aliphatic heterocycles. The number of benzene rings is 1. The van der Waals surface area contributed by atoms with Crippen LogP contribution < -0.4 is 10.5 Å². The van der Waals surface area contributed by atoms with Crippen molar-refractivity contribution in [2.45, 2.75) is 0 Å². The van der Waals surface area contributed by atoms with Crippen molar-refractivity contribution < 1.29 is 19.1 Å². The highest BCUT2D eigenvalue weighted by Crippen LogP contribution is 2.32. The van der Waals surface area contributed by atoms with Crippen molar-refractivity contribution in [3.05, 3.63) is 47.4 Å². The number of imide groups is 1. The van der Waals surface area contributed by atoms with E-state index >= 15 is 0 Å². The first kappa shape index (κ1) is 15.8. The lowest BCUT2D eigenvalue weighted by Gasteiger charge is -2.08. The van der Waals surface area contributed by atoms with Gasteiger partial charge in [0.25, 0.3) is 11.1 Å². The predicted octanol–water partition coefficient (Wildman–Crippen LogP) is 1.77. The molecule has 0 aliphatic carbocycles. The van der Waals surface area contributed by atoms with Gasteiger partial charge in [-0.3, -0.25) is 19.3 Å².